The molecular weight excluding hydrogens is 346 g/mol. The topological polar surface area (TPSA) is 53.9 Å². The number of aromatic nitrogens is 3. The van der Waals surface area contributed by atoms with Crippen molar-refractivity contribution in [3.8, 4) is 11.1 Å². The Bertz CT molecular complexity index is 866. The summed E-state index contributed by atoms with van der Waals surface area (Å²) in [7, 11) is 0. The molecule has 0 spiro atoms. The molecule has 0 aliphatic carbocycles. The third-order valence-corrected chi connectivity index (χ3v) is 5.10. The van der Waals surface area contributed by atoms with Crippen LogP contribution in [0.15, 0.2) is 55.0 Å². The van der Waals surface area contributed by atoms with Crippen LogP contribution < -0.4 is 5.32 Å². The van der Waals surface area contributed by atoms with Crippen LogP contribution >= 0.6 is 0 Å². The van der Waals surface area contributed by atoms with Crippen molar-refractivity contribution in [2.45, 2.75) is 26.2 Å². The summed E-state index contributed by atoms with van der Waals surface area (Å²) in [6, 6.07) is 12.5. The second-order valence-corrected chi connectivity index (χ2v) is 7.28. The molecule has 0 saturated carbocycles. The van der Waals surface area contributed by atoms with Crippen LogP contribution in [0.1, 0.15) is 24.1 Å². The highest BCUT2D eigenvalue weighted by Gasteiger charge is 2.10. The third-order valence-electron chi connectivity index (χ3n) is 5.10. The van der Waals surface area contributed by atoms with Gasteiger partial charge < -0.3 is 10.2 Å². The van der Waals surface area contributed by atoms with E-state index in [1.54, 1.807) is 0 Å². The maximum Gasteiger partial charge on any atom is 0.227 e. The lowest BCUT2D eigenvalue weighted by Crippen LogP contribution is -2.31. The fourth-order valence-electron chi connectivity index (χ4n) is 3.36. The molecule has 5 heteroatoms. The van der Waals surface area contributed by atoms with Crippen molar-refractivity contribution in [3.63, 3.8) is 0 Å². The molecule has 1 aliphatic rings. The Kier molecular flexibility index (Phi) is 5.92. The average Bonchev–Trinajstić information content (AvgIpc) is 2.75. The van der Waals surface area contributed by atoms with E-state index >= 15 is 0 Å². The molecule has 1 fully saturated rings. The van der Waals surface area contributed by atoms with Crippen molar-refractivity contribution < 1.29 is 0 Å². The van der Waals surface area contributed by atoms with E-state index in [2.05, 4.69) is 68.8 Å². The molecule has 1 N–H and O–H groups in total. The molecule has 3 aromatic rings. The number of benzene rings is 1. The van der Waals surface area contributed by atoms with Gasteiger partial charge in [-0.2, -0.15) is 0 Å². The van der Waals surface area contributed by atoms with E-state index in [9.17, 15) is 0 Å². The van der Waals surface area contributed by atoms with E-state index in [0.717, 1.165) is 35.5 Å². The standard InChI is InChI=1S/C23H26N5/c1-18-5-7-19(8-6-18)20-15-25-23(26-16-20)27-22-10-9-21(24-17-22)11-14-28-12-3-2-4-13-28/h2,5-10,15-17H,3-4,11-14H2,1H3,(H,25,26,27). The minimum absolute atomic E-state index is 0.579. The van der Waals surface area contributed by atoms with Crippen molar-refractivity contribution in [1.29, 1.82) is 0 Å². The first-order valence-electron chi connectivity index (χ1n) is 9.91. The molecule has 2 aromatic heterocycles. The number of anilines is 2. The van der Waals surface area contributed by atoms with Crippen LogP contribution in [0.2, 0.25) is 0 Å². The second-order valence-electron chi connectivity index (χ2n) is 7.28. The number of pyridine rings is 1. The summed E-state index contributed by atoms with van der Waals surface area (Å²) in [5, 5.41) is 3.23. The molecule has 1 saturated heterocycles. The highest BCUT2D eigenvalue weighted by molar-refractivity contribution is 5.63. The van der Waals surface area contributed by atoms with Crippen molar-refractivity contribution in [3.05, 3.63) is 72.7 Å². The molecule has 0 amide bonds. The van der Waals surface area contributed by atoms with Gasteiger partial charge in [0.1, 0.15) is 0 Å². The Morgan fingerprint density at radius 2 is 1.61 bits per heavy atom. The van der Waals surface area contributed by atoms with E-state index in [0.29, 0.717) is 5.95 Å². The average molecular weight is 372 g/mol. The Morgan fingerprint density at radius 3 is 2.29 bits per heavy atom. The lowest BCUT2D eigenvalue weighted by molar-refractivity contribution is 0.256. The first kappa shape index (κ1) is 18.6. The van der Waals surface area contributed by atoms with Crippen LogP contribution in [0.25, 0.3) is 11.1 Å². The smallest absolute Gasteiger partial charge is 0.227 e. The van der Waals surface area contributed by atoms with Crippen LogP contribution in [0.4, 0.5) is 11.6 Å². The lowest BCUT2D eigenvalue weighted by atomic mass is 10.1. The van der Waals surface area contributed by atoms with Gasteiger partial charge in [0.05, 0.1) is 11.9 Å². The zero-order valence-corrected chi connectivity index (χ0v) is 16.3. The van der Waals surface area contributed by atoms with Crippen molar-refractivity contribution in [2.75, 3.05) is 25.0 Å². The molecule has 4 rings (SSSR count). The summed E-state index contributed by atoms with van der Waals surface area (Å²) in [6.07, 6.45) is 11.3. The Labute approximate surface area is 166 Å². The first-order valence-corrected chi connectivity index (χ1v) is 9.91. The number of piperidine rings is 1. The maximum absolute atomic E-state index is 4.58. The molecular formula is C23H26N5. The zero-order chi connectivity index (χ0) is 19.2. The Balaban J connectivity index is 1.33. The van der Waals surface area contributed by atoms with Gasteiger partial charge in [-0.25, -0.2) is 9.97 Å². The largest absolute Gasteiger partial charge is 0.323 e. The van der Waals surface area contributed by atoms with Gasteiger partial charge in [0, 0.05) is 36.6 Å². The minimum atomic E-state index is 0.579. The summed E-state index contributed by atoms with van der Waals surface area (Å²) in [4.78, 5) is 16.0. The number of likely N-dealkylation sites (tertiary alicyclic amines) is 1. The van der Waals surface area contributed by atoms with Gasteiger partial charge in [0.25, 0.3) is 0 Å². The van der Waals surface area contributed by atoms with Crippen LogP contribution in [-0.2, 0) is 6.42 Å². The summed E-state index contributed by atoms with van der Waals surface area (Å²) in [5.74, 6) is 0.579. The van der Waals surface area contributed by atoms with Crippen LogP contribution in [-0.4, -0.2) is 39.5 Å². The number of aryl methyl sites for hydroxylation is 1. The molecule has 5 nitrogen and oxygen atoms in total. The summed E-state index contributed by atoms with van der Waals surface area (Å²) in [5.41, 5.74) is 5.40. The molecule has 0 atom stereocenters. The summed E-state index contributed by atoms with van der Waals surface area (Å²) < 4.78 is 0. The van der Waals surface area contributed by atoms with Crippen molar-refractivity contribution in [1.82, 2.24) is 19.9 Å². The molecule has 143 valence electrons. The highest BCUT2D eigenvalue weighted by atomic mass is 15.1. The van der Waals surface area contributed by atoms with Crippen LogP contribution in [0.5, 0.6) is 0 Å². The Morgan fingerprint density at radius 1 is 0.857 bits per heavy atom. The number of nitrogens with one attached hydrogen (secondary N) is 1. The summed E-state index contributed by atoms with van der Waals surface area (Å²) in [6.45, 7) is 5.52. The van der Waals surface area contributed by atoms with Crippen molar-refractivity contribution in [2.24, 2.45) is 0 Å². The van der Waals surface area contributed by atoms with E-state index < -0.39 is 0 Å². The normalized spacial score (nSPS) is 14.8. The molecule has 1 aliphatic heterocycles. The molecule has 1 radical (unpaired) electrons. The molecule has 3 heterocycles. The highest BCUT2D eigenvalue weighted by Crippen LogP contribution is 2.20. The van der Waals surface area contributed by atoms with E-state index in [4.69, 9.17) is 0 Å². The SMILES string of the molecule is Cc1ccc(-c2cnc(Nc3ccc(CCN4CC[CH]CC4)nc3)nc2)cc1. The molecule has 1 aromatic carbocycles. The van der Waals surface area contributed by atoms with Gasteiger partial charge >= 0.3 is 0 Å². The van der Waals surface area contributed by atoms with Crippen molar-refractivity contribution >= 4 is 11.6 Å². The zero-order valence-electron chi connectivity index (χ0n) is 16.3. The van der Waals surface area contributed by atoms with Crippen LogP contribution in [0, 0.1) is 13.3 Å². The predicted molar refractivity (Wildman–Crippen MR) is 113 cm³/mol. The fraction of sp³-hybridized carbons (Fsp3) is 0.304. The summed E-state index contributed by atoms with van der Waals surface area (Å²) >= 11 is 0. The fourth-order valence-corrected chi connectivity index (χ4v) is 3.36. The van der Waals surface area contributed by atoms with Gasteiger partial charge in [0.15, 0.2) is 0 Å². The van der Waals surface area contributed by atoms with Gasteiger partial charge in [-0.1, -0.05) is 29.8 Å². The number of hydrogen-bond acceptors (Lipinski definition) is 5. The minimum Gasteiger partial charge on any atom is -0.323 e. The molecule has 0 bridgehead atoms. The van der Waals surface area contributed by atoms with Gasteiger partial charge in [-0.15, -0.1) is 0 Å². The van der Waals surface area contributed by atoms with Crippen LogP contribution in [0.3, 0.4) is 0 Å². The Hall–Kier alpha value is -2.79. The number of hydrogen-bond donors (Lipinski definition) is 1. The van der Waals surface area contributed by atoms with Gasteiger partial charge in [-0.05, 0) is 57.0 Å². The van der Waals surface area contributed by atoms with E-state index in [1.807, 2.05) is 24.7 Å². The molecule has 28 heavy (non-hydrogen) atoms. The second kappa shape index (κ2) is 8.93. The van der Waals surface area contributed by atoms with Gasteiger partial charge in [0.2, 0.25) is 5.95 Å². The maximum atomic E-state index is 4.58. The van der Waals surface area contributed by atoms with Gasteiger partial charge in [-0.3, -0.25) is 4.98 Å². The quantitative estimate of drug-likeness (QED) is 0.693. The van der Waals surface area contributed by atoms with E-state index in [-0.39, 0.29) is 0 Å². The first-order chi connectivity index (χ1) is 13.8. The predicted octanol–water partition coefficient (Wildman–Crippen LogP) is 4.43. The lowest BCUT2D eigenvalue weighted by Gasteiger charge is -2.25. The van der Waals surface area contributed by atoms with E-state index in [1.165, 1.54) is 31.5 Å². The number of nitrogens with zero attached hydrogens (tertiary/aromatic N) is 4. The monoisotopic (exact) mass is 372 g/mol. The molecule has 0 unspecified atom stereocenters. The number of rotatable bonds is 6. The third kappa shape index (κ3) is 4.93.